The molecule has 1 saturated carbocycles. The number of likely N-dealkylation sites (tertiary alicyclic amines) is 1. The number of piperidine rings is 1. The van der Waals surface area contributed by atoms with Gasteiger partial charge in [-0.1, -0.05) is 6.42 Å². The molecule has 1 N–H and O–H groups in total. The van der Waals surface area contributed by atoms with Crippen molar-refractivity contribution in [1.29, 1.82) is 0 Å². The van der Waals surface area contributed by atoms with E-state index in [0.717, 1.165) is 71.2 Å². The molecule has 28 heavy (non-hydrogen) atoms. The van der Waals surface area contributed by atoms with Gasteiger partial charge in [0, 0.05) is 52.0 Å². The first kappa shape index (κ1) is 21.1. The highest BCUT2D eigenvalue weighted by Crippen LogP contribution is 2.33. The summed E-state index contributed by atoms with van der Waals surface area (Å²) in [5, 5.41) is 9.30. The molecule has 0 aromatic heterocycles. The zero-order chi connectivity index (χ0) is 20.1. The smallest absolute Gasteiger partial charge is 0.303 e. The Labute approximate surface area is 168 Å². The second-order valence-electron chi connectivity index (χ2n) is 8.81. The molecule has 2 saturated heterocycles. The zero-order valence-corrected chi connectivity index (χ0v) is 17.1. The molecule has 3 rings (SSSR count). The minimum absolute atomic E-state index is 0.140. The number of carboxylic acid groups (broad SMARTS) is 1. The fourth-order valence-electron chi connectivity index (χ4n) is 4.87. The van der Waals surface area contributed by atoms with Gasteiger partial charge in [0.25, 0.3) is 0 Å². The van der Waals surface area contributed by atoms with Crippen molar-refractivity contribution in [3.63, 3.8) is 0 Å². The molecule has 3 aliphatic rings. The Hall–Kier alpha value is -1.63. The molecule has 1 aliphatic carbocycles. The van der Waals surface area contributed by atoms with E-state index in [4.69, 9.17) is 0 Å². The molecular formula is C21H35N3O4. The van der Waals surface area contributed by atoms with Crippen LogP contribution in [-0.4, -0.2) is 83.4 Å². The highest BCUT2D eigenvalue weighted by atomic mass is 16.4. The Kier molecular flexibility index (Phi) is 7.32. The van der Waals surface area contributed by atoms with Crippen molar-refractivity contribution in [3.8, 4) is 0 Å². The standard InChI is InChI=1S/C21H35N3O4/c1-16(25)23-9-3-8-22(12-13-23)10-6-19-15-24(21(28)17-4-2-5-17)11-7-18(19)14-20(26)27/h17-19H,2-15H2,1H3,(H,26,27). The van der Waals surface area contributed by atoms with Gasteiger partial charge in [-0.3, -0.25) is 14.4 Å². The van der Waals surface area contributed by atoms with E-state index in [1.807, 2.05) is 9.80 Å². The lowest BCUT2D eigenvalue weighted by Gasteiger charge is -2.41. The van der Waals surface area contributed by atoms with Crippen molar-refractivity contribution < 1.29 is 19.5 Å². The number of nitrogens with zero attached hydrogens (tertiary/aromatic N) is 3. The number of hydrogen-bond donors (Lipinski definition) is 1. The van der Waals surface area contributed by atoms with E-state index in [2.05, 4.69) is 4.90 Å². The summed E-state index contributed by atoms with van der Waals surface area (Å²) < 4.78 is 0. The van der Waals surface area contributed by atoms with Gasteiger partial charge in [-0.2, -0.15) is 0 Å². The molecule has 7 heteroatoms. The van der Waals surface area contributed by atoms with E-state index in [1.165, 1.54) is 0 Å². The van der Waals surface area contributed by atoms with Crippen LogP contribution in [0.1, 0.15) is 51.9 Å². The van der Waals surface area contributed by atoms with Crippen LogP contribution in [0.25, 0.3) is 0 Å². The minimum atomic E-state index is -0.736. The van der Waals surface area contributed by atoms with Gasteiger partial charge in [-0.25, -0.2) is 0 Å². The minimum Gasteiger partial charge on any atom is -0.481 e. The molecule has 2 atom stereocenters. The summed E-state index contributed by atoms with van der Waals surface area (Å²) in [6, 6.07) is 0. The van der Waals surface area contributed by atoms with E-state index in [1.54, 1.807) is 6.92 Å². The maximum atomic E-state index is 12.7. The van der Waals surface area contributed by atoms with Crippen molar-refractivity contribution >= 4 is 17.8 Å². The van der Waals surface area contributed by atoms with Gasteiger partial charge in [-0.15, -0.1) is 0 Å². The molecule has 2 heterocycles. The van der Waals surface area contributed by atoms with Crippen LogP contribution in [0.15, 0.2) is 0 Å². The third-order valence-corrected chi connectivity index (χ3v) is 6.94. The average molecular weight is 394 g/mol. The molecule has 0 bridgehead atoms. The largest absolute Gasteiger partial charge is 0.481 e. The predicted molar refractivity (Wildman–Crippen MR) is 106 cm³/mol. The average Bonchev–Trinajstić information content (AvgIpc) is 2.84. The molecule has 158 valence electrons. The lowest BCUT2D eigenvalue weighted by molar-refractivity contribution is -0.142. The summed E-state index contributed by atoms with van der Waals surface area (Å²) in [5.41, 5.74) is 0. The van der Waals surface area contributed by atoms with Crippen LogP contribution < -0.4 is 0 Å². The molecule has 2 unspecified atom stereocenters. The third kappa shape index (κ3) is 5.46. The molecule has 0 aromatic carbocycles. The summed E-state index contributed by atoms with van der Waals surface area (Å²) >= 11 is 0. The molecule has 2 amide bonds. The van der Waals surface area contributed by atoms with Crippen molar-refractivity contribution in [2.75, 3.05) is 45.8 Å². The molecule has 0 aromatic rings. The molecule has 7 nitrogen and oxygen atoms in total. The molecule has 0 spiro atoms. The van der Waals surface area contributed by atoms with E-state index in [-0.39, 0.29) is 36.0 Å². The lowest BCUT2D eigenvalue weighted by atomic mass is 9.79. The van der Waals surface area contributed by atoms with Gasteiger partial charge in [-0.05, 0) is 57.0 Å². The van der Waals surface area contributed by atoms with Crippen LogP contribution in [-0.2, 0) is 14.4 Å². The fourth-order valence-corrected chi connectivity index (χ4v) is 4.87. The SMILES string of the molecule is CC(=O)N1CCCN(CCC2CN(C(=O)C3CCC3)CCC2CC(=O)O)CC1. The quantitative estimate of drug-likeness (QED) is 0.742. The summed E-state index contributed by atoms with van der Waals surface area (Å²) in [4.78, 5) is 41.9. The summed E-state index contributed by atoms with van der Waals surface area (Å²) in [6.45, 7) is 7.40. The number of carbonyl (C=O) groups is 3. The Bertz CT molecular complexity index is 578. The van der Waals surface area contributed by atoms with Gasteiger partial charge in [0.1, 0.15) is 0 Å². The lowest BCUT2D eigenvalue weighted by Crippen LogP contribution is -2.48. The van der Waals surface area contributed by atoms with Crippen molar-refractivity contribution in [2.45, 2.75) is 51.9 Å². The zero-order valence-electron chi connectivity index (χ0n) is 17.1. The number of hydrogen-bond acceptors (Lipinski definition) is 4. The number of carboxylic acids is 1. The second kappa shape index (κ2) is 9.72. The third-order valence-electron chi connectivity index (χ3n) is 6.94. The topological polar surface area (TPSA) is 81.2 Å². The van der Waals surface area contributed by atoms with Crippen LogP contribution in [0.3, 0.4) is 0 Å². The van der Waals surface area contributed by atoms with Crippen molar-refractivity contribution in [2.24, 2.45) is 17.8 Å². The van der Waals surface area contributed by atoms with Gasteiger partial charge in [0.2, 0.25) is 11.8 Å². The van der Waals surface area contributed by atoms with Gasteiger partial charge < -0.3 is 19.8 Å². The first-order chi connectivity index (χ1) is 13.4. The predicted octanol–water partition coefficient (Wildman–Crippen LogP) is 1.67. The Morgan fingerprint density at radius 3 is 2.32 bits per heavy atom. The van der Waals surface area contributed by atoms with E-state index < -0.39 is 5.97 Å². The normalized spacial score (nSPS) is 27.2. The maximum absolute atomic E-state index is 12.7. The molecule has 0 radical (unpaired) electrons. The van der Waals surface area contributed by atoms with Gasteiger partial charge in [0.15, 0.2) is 0 Å². The fraction of sp³-hybridized carbons (Fsp3) is 0.857. The van der Waals surface area contributed by atoms with Crippen LogP contribution in [0.2, 0.25) is 0 Å². The molecular weight excluding hydrogens is 358 g/mol. The van der Waals surface area contributed by atoms with Crippen LogP contribution >= 0.6 is 0 Å². The first-order valence-corrected chi connectivity index (χ1v) is 10.9. The van der Waals surface area contributed by atoms with Gasteiger partial charge in [0.05, 0.1) is 0 Å². The Morgan fingerprint density at radius 1 is 0.893 bits per heavy atom. The van der Waals surface area contributed by atoms with E-state index in [0.29, 0.717) is 13.1 Å². The van der Waals surface area contributed by atoms with E-state index >= 15 is 0 Å². The highest BCUT2D eigenvalue weighted by Gasteiger charge is 2.36. The molecule has 2 aliphatic heterocycles. The Balaban J connectivity index is 1.54. The summed E-state index contributed by atoms with van der Waals surface area (Å²) in [5.74, 6) is 0.308. The van der Waals surface area contributed by atoms with E-state index in [9.17, 15) is 19.5 Å². The summed E-state index contributed by atoms with van der Waals surface area (Å²) in [7, 11) is 0. The first-order valence-electron chi connectivity index (χ1n) is 10.9. The highest BCUT2D eigenvalue weighted by molar-refractivity contribution is 5.79. The number of rotatable bonds is 6. The second-order valence-corrected chi connectivity index (χ2v) is 8.81. The molecule has 3 fully saturated rings. The van der Waals surface area contributed by atoms with Crippen LogP contribution in [0.4, 0.5) is 0 Å². The Morgan fingerprint density at radius 2 is 1.68 bits per heavy atom. The maximum Gasteiger partial charge on any atom is 0.303 e. The number of carbonyl (C=O) groups excluding carboxylic acids is 2. The monoisotopic (exact) mass is 393 g/mol. The van der Waals surface area contributed by atoms with Crippen LogP contribution in [0, 0.1) is 17.8 Å². The van der Waals surface area contributed by atoms with Crippen LogP contribution in [0.5, 0.6) is 0 Å². The summed E-state index contributed by atoms with van der Waals surface area (Å²) in [6.07, 6.45) is 6.09. The van der Waals surface area contributed by atoms with Gasteiger partial charge >= 0.3 is 5.97 Å². The number of aliphatic carboxylic acids is 1. The number of amides is 2. The van der Waals surface area contributed by atoms with Crippen molar-refractivity contribution in [1.82, 2.24) is 14.7 Å². The van der Waals surface area contributed by atoms with Crippen molar-refractivity contribution in [3.05, 3.63) is 0 Å².